The normalized spacial score (nSPS) is 12.4. The molecular formula is C23H21N3O7. The highest BCUT2D eigenvalue weighted by Gasteiger charge is 2.34. The SMILES string of the molecule is COC(=O)C[C@H](c1ccc([N+](=O)[O-])cc1)[C@H](NC(=O)c1ccnc2ccccc12)C(=O)OC. The first kappa shape index (κ1) is 23.3. The zero-order chi connectivity index (χ0) is 24.0. The molecule has 0 aliphatic heterocycles. The number of carbonyl (C=O) groups excluding carboxylic acids is 3. The number of aromatic nitrogens is 1. The van der Waals surface area contributed by atoms with Crippen LogP contribution in [-0.2, 0) is 19.1 Å². The van der Waals surface area contributed by atoms with Crippen LogP contribution in [0.5, 0.6) is 0 Å². The smallest absolute Gasteiger partial charge is 0.329 e. The number of nitro groups is 1. The van der Waals surface area contributed by atoms with E-state index < -0.39 is 34.7 Å². The zero-order valence-electron chi connectivity index (χ0n) is 17.9. The van der Waals surface area contributed by atoms with Gasteiger partial charge in [-0.15, -0.1) is 0 Å². The molecule has 0 radical (unpaired) electrons. The number of amides is 1. The number of nitrogens with zero attached hydrogens (tertiary/aromatic N) is 2. The van der Waals surface area contributed by atoms with E-state index in [4.69, 9.17) is 9.47 Å². The second-order valence-electron chi connectivity index (χ2n) is 7.09. The highest BCUT2D eigenvalue weighted by molar-refractivity contribution is 6.07. The van der Waals surface area contributed by atoms with E-state index in [1.54, 1.807) is 24.3 Å². The third kappa shape index (κ3) is 5.29. The summed E-state index contributed by atoms with van der Waals surface area (Å²) in [5.41, 5.74) is 1.15. The molecule has 0 fully saturated rings. The number of ether oxygens (including phenoxy) is 2. The van der Waals surface area contributed by atoms with Crippen molar-refractivity contribution >= 4 is 34.4 Å². The molecule has 10 heteroatoms. The van der Waals surface area contributed by atoms with Gasteiger partial charge in [-0.1, -0.05) is 30.3 Å². The van der Waals surface area contributed by atoms with Crippen molar-refractivity contribution in [2.45, 2.75) is 18.4 Å². The van der Waals surface area contributed by atoms with Crippen molar-refractivity contribution in [1.82, 2.24) is 10.3 Å². The minimum atomic E-state index is -1.27. The lowest BCUT2D eigenvalue weighted by Crippen LogP contribution is -2.46. The summed E-state index contributed by atoms with van der Waals surface area (Å²) in [5, 5.41) is 14.2. The van der Waals surface area contributed by atoms with Crippen molar-refractivity contribution in [3.05, 3.63) is 82.0 Å². The number of para-hydroxylation sites is 1. The van der Waals surface area contributed by atoms with Crippen LogP contribution >= 0.6 is 0 Å². The molecule has 1 heterocycles. The van der Waals surface area contributed by atoms with Crippen molar-refractivity contribution in [2.75, 3.05) is 14.2 Å². The Hall–Kier alpha value is -4.34. The van der Waals surface area contributed by atoms with Gasteiger partial charge in [-0.05, 0) is 17.7 Å². The third-order valence-electron chi connectivity index (χ3n) is 5.18. The average Bonchev–Trinajstić information content (AvgIpc) is 2.84. The molecule has 3 aromatic rings. The van der Waals surface area contributed by atoms with Crippen LogP contribution in [-0.4, -0.2) is 48.0 Å². The van der Waals surface area contributed by atoms with Gasteiger partial charge in [0, 0.05) is 29.6 Å². The summed E-state index contributed by atoms with van der Waals surface area (Å²) >= 11 is 0. The molecule has 0 aliphatic rings. The molecule has 10 nitrogen and oxygen atoms in total. The molecule has 3 rings (SSSR count). The molecule has 0 unspecified atom stereocenters. The summed E-state index contributed by atoms with van der Waals surface area (Å²) in [6.07, 6.45) is 1.21. The van der Waals surface area contributed by atoms with Crippen LogP contribution in [0.2, 0.25) is 0 Å². The van der Waals surface area contributed by atoms with E-state index in [2.05, 4.69) is 10.3 Å². The number of benzene rings is 2. The number of fused-ring (bicyclic) bond motifs is 1. The summed E-state index contributed by atoms with van der Waals surface area (Å²) < 4.78 is 9.64. The van der Waals surface area contributed by atoms with Crippen LogP contribution in [0.4, 0.5) is 5.69 Å². The van der Waals surface area contributed by atoms with E-state index in [1.807, 2.05) is 0 Å². The van der Waals surface area contributed by atoms with Crippen LogP contribution < -0.4 is 5.32 Å². The second-order valence-corrected chi connectivity index (χ2v) is 7.09. The Morgan fingerprint density at radius 3 is 2.36 bits per heavy atom. The number of non-ortho nitro benzene ring substituents is 1. The van der Waals surface area contributed by atoms with Crippen molar-refractivity contribution < 1.29 is 28.8 Å². The predicted molar refractivity (Wildman–Crippen MR) is 117 cm³/mol. The van der Waals surface area contributed by atoms with E-state index in [0.717, 1.165) is 7.11 Å². The molecule has 0 bridgehead atoms. The van der Waals surface area contributed by atoms with Gasteiger partial charge < -0.3 is 14.8 Å². The predicted octanol–water partition coefficient (Wildman–Crippen LogP) is 2.76. The van der Waals surface area contributed by atoms with E-state index in [0.29, 0.717) is 16.5 Å². The van der Waals surface area contributed by atoms with E-state index in [1.165, 1.54) is 43.6 Å². The number of carbonyl (C=O) groups is 3. The minimum absolute atomic E-state index is 0.155. The van der Waals surface area contributed by atoms with Crippen molar-refractivity contribution in [1.29, 1.82) is 0 Å². The molecule has 170 valence electrons. The van der Waals surface area contributed by atoms with Gasteiger partial charge in [-0.2, -0.15) is 0 Å². The lowest BCUT2D eigenvalue weighted by molar-refractivity contribution is -0.384. The van der Waals surface area contributed by atoms with Crippen molar-refractivity contribution in [3.63, 3.8) is 0 Å². The molecule has 2 atom stereocenters. The summed E-state index contributed by atoms with van der Waals surface area (Å²) in [6.45, 7) is 0. The number of rotatable bonds is 8. The van der Waals surface area contributed by atoms with Crippen LogP contribution in [0, 0.1) is 10.1 Å². The van der Waals surface area contributed by atoms with Crippen LogP contribution in [0.1, 0.15) is 28.3 Å². The number of esters is 2. The van der Waals surface area contributed by atoms with Crippen LogP contribution in [0.25, 0.3) is 10.9 Å². The third-order valence-corrected chi connectivity index (χ3v) is 5.18. The van der Waals surface area contributed by atoms with Gasteiger partial charge in [0.25, 0.3) is 11.6 Å². The topological polar surface area (TPSA) is 138 Å². The maximum absolute atomic E-state index is 13.2. The summed E-state index contributed by atoms with van der Waals surface area (Å²) in [6, 6.07) is 12.6. The number of hydrogen-bond acceptors (Lipinski definition) is 8. The largest absolute Gasteiger partial charge is 0.469 e. The lowest BCUT2D eigenvalue weighted by atomic mass is 9.88. The van der Waals surface area contributed by atoms with Crippen molar-refractivity contribution in [2.24, 2.45) is 0 Å². The first-order valence-corrected chi connectivity index (χ1v) is 9.89. The maximum atomic E-state index is 13.2. The molecule has 1 aromatic heterocycles. The van der Waals surface area contributed by atoms with Gasteiger partial charge in [0.1, 0.15) is 6.04 Å². The number of hydrogen-bond donors (Lipinski definition) is 1. The Balaban J connectivity index is 2.00. The number of pyridine rings is 1. The minimum Gasteiger partial charge on any atom is -0.469 e. The van der Waals surface area contributed by atoms with Gasteiger partial charge in [-0.25, -0.2) is 4.79 Å². The lowest BCUT2D eigenvalue weighted by Gasteiger charge is -2.26. The fourth-order valence-corrected chi connectivity index (χ4v) is 3.50. The van der Waals surface area contributed by atoms with E-state index in [-0.39, 0.29) is 17.7 Å². The highest BCUT2D eigenvalue weighted by Crippen LogP contribution is 2.28. The average molecular weight is 451 g/mol. The quantitative estimate of drug-likeness (QED) is 0.313. The fraction of sp³-hybridized carbons (Fsp3) is 0.217. The Morgan fingerprint density at radius 1 is 1.03 bits per heavy atom. The molecule has 1 amide bonds. The molecule has 0 spiro atoms. The van der Waals surface area contributed by atoms with Crippen LogP contribution in [0.15, 0.2) is 60.8 Å². The van der Waals surface area contributed by atoms with Gasteiger partial charge in [0.15, 0.2) is 0 Å². The monoisotopic (exact) mass is 451 g/mol. The number of nitro benzene ring substituents is 1. The molecule has 0 saturated heterocycles. The summed E-state index contributed by atoms with van der Waals surface area (Å²) in [7, 11) is 2.36. The van der Waals surface area contributed by atoms with Crippen molar-refractivity contribution in [3.8, 4) is 0 Å². The van der Waals surface area contributed by atoms with E-state index >= 15 is 0 Å². The molecule has 1 N–H and O–H groups in total. The van der Waals surface area contributed by atoms with Gasteiger partial charge >= 0.3 is 11.9 Å². The zero-order valence-corrected chi connectivity index (χ0v) is 17.9. The summed E-state index contributed by atoms with van der Waals surface area (Å²) in [5.74, 6) is -2.88. The van der Waals surface area contributed by atoms with E-state index in [9.17, 15) is 24.5 Å². The molecule has 0 aliphatic carbocycles. The maximum Gasteiger partial charge on any atom is 0.329 e. The molecule has 0 saturated carbocycles. The Morgan fingerprint density at radius 2 is 1.73 bits per heavy atom. The Labute approximate surface area is 188 Å². The standard InChI is InChI=1S/C23H21N3O7/c1-32-20(27)13-18(14-7-9-15(10-8-14)26(30)31)21(23(29)33-2)25-22(28)17-11-12-24-19-6-4-3-5-16(17)19/h3-12,18,21H,13H2,1-2H3,(H,25,28)/t18-,21+/m1/s1. The highest BCUT2D eigenvalue weighted by atomic mass is 16.6. The Kier molecular flexibility index (Phi) is 7.29. The molecular weight excluding hydrogens is 430 g/mol. The number of nitrogens with one attached hydrogen (secondary N) is 1. The number of methoxy groups -OCH3 is 2. The second kappa shape index (κ2) is 10.3. The fourth-order valence-electron chi connectivity index (χ4n) is 3.50. The molecule has 2 aromatic carbocycles. The van der Waals surface area contributed by atoms with Crippen LogP contribution in [0.3, 0.4) is 0 Å². The Bertz CT molecular complexity index is 1190. The first-order chi connectivity index (χ1) is 15.8. The van der Waals surface area contributed by atoms with Gasteiger partial charge in [0.2, 0.25) is 0 Å². The first-order valence-electron chi connectivity index (χ1n) is 9.89. The molecule has 33 heavy (non-hydrogen) atoms. The van der Waals surface area contributed by atoms with Gasteiger partial charge in [0.05, 0.1) is 36.6 Å². The van der Waals surface area contributed by atoms with Gasteiger partial charge in [-0.3, -0.25) is 24.7 Å². The summed E-state index contributed by atoms with van der Waals surface area (Å²) in [4.78, 5) is 52.6.